The zero-order chi connectivity index (χ0) is 48.2. The first-order valence-electron chi connectivity index (χ1n) is 25.5. The number of fused-ring (bicyclic) bond motifs is 3. The van der Waals surface area contributed by atoms with Crippen molar-refractivity contribution in [3.8, 4) is 29.4 Å². The molecule has 1 saturated carbocycles. The predicted octanol–water partition coefficient (Wildman–Crippen LogP) is 3.41. The normalized spacial score (nSPS) is 25.8. The summed E-state index contributed by atoms with van der Waals surface area (Å²) in [5, 5.41) is 49.6. The molecule has 9 rings (SSSR count). The molecule has 0 radical (unpaired) electrons. The maximum atomic E-state index is 14.4. The third-order valence-corrected chi connectivity index (χ3v) is 16.4. The van der Waals surface area contributed by atoms with Crippen molar-refractivity contribution >= 4 is 29.2 Å². The molecule has 4 atom stereocenters. The van der Waals surface area contributed by atoms with Crippen LogP contribution in [0, 0.1) is 23.7 Å². The van der Waals surface area contributed by atoms with Gasteiger partial charge in [-0.2, -0.15) is 0 Å². The number of aromatic hydroxyl groups is 1. The van der Waals surface area contributed by atoms with Crippen LogP contribution in [0.3, 0.4) is 0 Å². The fraction of sp³-hybridized carbons (Fsp3) is 0.604. The van der Waals surface area contributed by atoms with Gasteiger partial charge in [0, 0.05) is 87.5 Å². The summed E-state index contributed by atoms with van der Waals surface area (Å²) < 4.78 is 0. The molecular weight excluding hydrogens is 873 g/mol. The number of aliphatic hydroxyl groups is 2. The summed E-state index contributed by atoms with van der Waals surface area (Å²) in [5.41, 5.74) is 3.23. The monoisotopic (exact) mass is 945 g/mol. The maximum absolute atomic E-state index is 14.4. The number of para-hydroxylation sites is 1. The Bertz CT molecular complexity index is 2320. The Morgan fingerprint density at radius 2 is 1.49 bits per heavy atom. The van der Waals surface area contributed by atoms with Crippen LogP contribution in [0.25, 0.3) is 11.3 Å². The quantitative estimate of drug-likeness (QED) is 0.137. The molecule has 16 nitrogen and oxygen atoms in total. The van der Waals surface area contributed by atoms with E-state index in [0.717, 1.165) is 114 Å². The van der Waals surface area contributed by atoms with Crippen molar-refractivity contribution in [2.75, 3.05) is 75.7 Å². The third kappa shape index (κ3) is 10.9. The Morgan fingerprint density at radius 3 is 2.16 bits per heavy atom. The Morgan fingerprint density at radius 1 is 0.826 bits per heavy atom. The lowest BCUT2D eigenvalue weighted by atomic mass is 9.79. The number of β-amino-alcohol motifs (C(OH)–C–C–N with tert-alkyl or cyclic N) is 1. The number of carbonyl (C=O) groups excluding carboxylic acids is 3. The largest absolute Gasteiger partial charge is 0.507 e. The van der Waals surface area contributed by atoms with Gasteiger partial charge in [-0.25, -0.2) is 0 Å². The zero-order valence-electron chi connectivity index (χ0n) is 40.4. The number of likely N-dealkylation sites (tertiary alicyclic amines) is 3. The number of phenols is 1. The maximum Gasteiger partial charge on any atom is 0.246 e. The van der Waals surface area contributed by atoms with Gasteiger partial charge in [0.2, 0.25) is 17.7 Å². The van der Waals surface area contributed by atoms with Crippen LogP contribution in [0.5, 0.6) is 5.75 Å². The summed E-state index contributed by atoms with van der Waals surface area (Å²) in [7, 11) is 0. The average molecular weight is 945 g/mol. The first-order valence-corrected chi connectivity index (χ1v) is 25.5. The van der Waals surface area contributed by atoms with E-state index in [1.54, 1.807) is 18.2 Å². The fourth-order valence-electron chi connectivity index (χ4n) is 12.2. The highest BCUT2D eigenvalue weighted by atomic mass is 16.3. The number of phenolic OH excluding ortho intramolecular Hbond substituents is 1. The number of terminal acetylenes is 1. The van der Waals surface area contributed by atoms with Crippen molar-refractivity contribution in [3.63, 3.8) is 0 Å². The van der Waals surface area contributed by atoms with E-state index in [9.17, 15) is 29.7 Å². The molecule has 2 aromatic carbocycles. The van der Waals surface area contributed by atoms with Crippen LogP contribution >= 0.6 is 0 Å². The number of aromatic nitrogens is 2. The van der Waals surface area contributed by atoms with Crippen molar-refractivity contribution in [1.29, 1.82) is 0 Å². The highest BCUT2D eigenvalue weighted by Gasteiger charge is 2.47. The van der Waals surface area contributed by atoms with E-state index in [1.165, 1.54) is 17.7 Å². The minimum atomic E-state index is -0.976. The van der Waals surface area contributed by atoms with Gasteiger partial charge in [0.15, 0.2) is 5.82 Å². The SMILES string of the molecule is C#Cc1ccc(CNC(=O)[C@@H]2C[C@@H](O)CN2C(=O)[C@@H](NC(=O)[C@H]2CC[C@@H](N3CCC(N4CCC(N5CCN6c7cc(-c8ccccc8O)nnc7NC[C@H]6C5)CC4)CC3)CC2)C(C)(C)CCO)cc1. The molecule has 0 spiro atoms. The Labute approximate surface area is 407 Å². The summed E-state index contributed by atoms with van der Waals surface area (Å²) >= 11 is 0. The summed E-state index contributed by atoms with van der Waals surface area (Å²) in [6.45, 7) is 12.0. The Balaban J connectivity index is 0.719. The van der Waals surface area contributed by atoms with Gasteiger partial charge in [-0.15, -0.1) is 16.6 Å². The fourth-order valence-corrected chi connectivity index (χ4v) is 12.2. The smallest absolute Gasteiger partial charge is 0.246 e. The second-order valence-electron chi connectivity index (χ2n) is 21.1. The number of piperazine rings is 1. The number of rotatable bonds is 13. The van der Waals surface area contributed by atoms with E-state index >= 15 is 0 Å². The second-order valence-corrected chi connectivity index (χ2v) is 21.1. The molecule has 4 saturated heterocycles. The number of benzene rings is 2. The van der Waals surface area contributed by atoms with E-state index in [2.05, 4.69) is 57.7 Å². The van der Waals surface area contributed by atoms with E-state index in [-0.39, 0.29) is 56.0 Å². The van der Waals surface area contributed by atoms with Crippen LogP contribution in [0.1, 0.15) is 89.2 Å². The minimum Gasteiger partial charge on any atom is -0.507 e. The summed E-state index contributed by atoms with van der Waals surface area (Å²) in [4.78, 5) is 54.0. The van der Waals surface area contributed by atoms with Gasteiger partial charge in [0.1, 0.15) is 17.8 Å². The molecule has 3 amide bonds. The van der Waals surface area contributed by atoms with Crippen molar-refractivity contribution in [3.05, 3.63) is 65.7 Å². The summed E-state index contributed by atoms with van der Waals surface area (Å²) in [5.74, 6) is 2.43. The molecule has 0 unspecified atom stereocenters. The number of nitrogens with one attached hydrogen (secondary N) is 3. The summed E-state index contributed by atoms with van der Waals surface area (Å²) in [6.07, 6.45) is 13.0. The Hall–Kier alpha value is -5.31. The van der Waals surface area contributed by atoms with Crippen molar-refractivity contribution in [1.82, 2.24) is 40.4 Å². The molecular formula is C53H72N10O6. The molecule has 1 aromatic heterocycles. The number of aliphatic hydroxyl groups excluding tert-OH is 2. The zero-order valence-corrected chi connectivity index (χ0v) is 40.4. The van der Waals surface area contributed by atoms with E-state index < -0.39 is 29.5 Å². The molecule has 5 fully saturated rings. The summed E-state index contributed by atoms with van der Waals surface area (Å²) in [6, 6.07) is 16.8. The number of carbonyl (C=O) groups is 3. The first kappa shape index (κ1) is 48.7. The van der Waals surface area contributed by atoms with Crippen LogP contribution in [0.4, 0.5) is 11.5 Å². The molecule has 16 heteroatoms. The van der Waals surface area contributed by atoms with Crippen molar-refractivity contribution in [2.45, 2.75) is 127 Å². The van der Waals surface area contributed by atoms with Gasteiger partial charge in [0.25, 0.3) is 0 Å². The number of piperidine rings is 2. The number of hydrogen-bond acceptors (Lipinski definition) is 13. The molecule has 6 heterocycles. The molecule has 370 valence electrons. The predicted molar refractivity (Wildman–Crippen MR) is 265 cm³/mol. The lowest BCUT2D eigenvalue weighted by Crippen LogP contribution is -2.61. The van der Waals surface area contributed by atoms with Crippen molar-refractivity contribution in [2.24, 2.45) is 11.3 Å². The molecule has 5 aliphatic heterocycles. The topological polar surface area (TPSA) is 190 Å². The van der Waals surface area contributed by atoms with Gasteiger partial charge in [-0.1, -0.05) is 44.0 Å². The molecule has 69 heavy (non-hydrogen) atoms. The van der Waals surface area contributed by atoms with Crippen LogP contribution in [-0.4, -0.2) is 171 Å². The van der Waals surface area contributed by atoms with E-state index in [4.69, 9.17) is 6.42 Å². The van der Waals surface area contributed by atoms with Gasteiger partial charge in [0.05, 0.1) is 23.5 Å². The number of anilines is 2. The Kier molecular flexibility index (Phi) is 15.1. The van der Waals surface area contributed by atoms with Crippen molar-refractivity contribution < 1.29 is 29.7 Å². The van der Waals surface area contributed by atoms with Gasteiger partial charge >= 0.3 is 0 Å². The lowest BCUT2D eigenvalue weighted by molar-refractivity contribution is -0.145. The highest BCUT2D eigenvalue weighted by molar-refractivity contribution is 5.93. The first-order chi connectivity index (χ1) is 33.4. The third-order valence-electron chi connectivity index (χ3n) is 16.4. The number of hydrogen-bond donors (Lipinski definition) is 6. The van der Waals surface area contributed by atoms with Crippen LogP contribution in [0.15, 0.2) is 54.6 Å². The standard InChI is InChI=1S/C53H72N10O6/c1-4-35-9-11-36(12-10-35)31-55-51(68)46-29-42(65)34-63(46)52(69)48(53(2,3)21-28-64)56-50(67)37-13-15-38(16-14-37)59-22-17-39(18-23-59)60-24-19-40(20-25-60)61-26-27-62-41(33-61)32-54-49-45(62)30-44(57-58-49)43-7-5-6-8-47(43)66/h1,5-12,30,37-42,46,48,64-66H,13-29,31-34H2,2-3H3,(H,54,58)(H,55,68)(H,56,67)/t37-,38+,41-,42+,46-,48+/m0/s1. The average Bonchev–Trinajstić information content (AvgIpc) is 3.78. The number of amides is 3. The van der Waals surface area contributed by atoms with Crippen LogP contribution in [-0.2, 0) is 20.9 Å². The second kappa shape index (κ2) is 21.4. The molecule has 6 aliphatic rings. The molecule has 0 bridgehead atoms. The molecule has 6 N–H and O–H groups in total. The molecule has 1 aliphatic carbocycles. The van der Waals surface area contributed by atoms with Gasteiger partial charge < -0.3 is 50.9 Å². The number of nitrogens with zero attached hydrogens (tertiary/aromatic N) is 7. The lowest BCUT2D eigenvalue weighted by Gasteiger charge is -2.50. The minimum absolute atomic E-state index is 0.00969. The van der Waals surface area contributed by atoms with Gasteiger partial charge in [-0.05, 0) is 125 Å². The van der Waals surface area contributed by atoms with Gasteiger partial charge in [-0.3, -0.25) is 19.3 Å². The van der Waals surface area contributed by atoms with E-state index in [0.29, 0.717) is 35.4 Å². The van der Waals surface area contributed by atoms with E-state index in [1.807, 2.05) is 44.2 Å². The van der Waals surface area contributed by atoms with Crippen LogP contribution < -0.4 is 20.9 Å². The highest BCUT2D eigenvalue weighted by Crippen LogP contribution is 2.38. The molecule has 3 aromatic rings. The van der Waals surface area contributed by atoms with Crippen LogP contribution in [0.2, 0.25) is 0 Å².